The predicted octanol–water partition coefficient (Wildman–Crippen LogP) is 9.67. The van der Waals surface area contributed by atoms with Gasteiger partial charge in [0.15, 0.2) is 0 Å². The molecule has 0 unspecified atom stereocenters. The fourth-order valence-corrected chi connectivity index (χ4v) is 11.3. The maximum absolute atomic E-state index is 13.0. The van der Waals surface area contributed by atoms with Crippen LogP contribution in [0.1, 0.15) is 126 Å². The van der Waals surface area contributed by atoms with Crippen molar-refractivity contribution >= 4 is 7.82 Å². The zero-order valence-electron chi connectivity index (χ0n) is 24.6. The summed E-state index contributed by atoms with van der Waals surface area (Å²) in [5.74, 6) is 6.01. The third-order valence-corrected chi connectivity index (χ3v) is 13.4. The van der Waals surface area contributed by atoms with E-state index < -0.39 is 7.82 Å². The monoisotopic (exact) mass is 524 g/mol. The van der Waals surface area contributed by atoms with E-state index in [4.69, 9.17) is 13.6 Å². The molecule has 0 saturated heterocycles. The number of hydrogen-bond acceptors (Lipinski definition) is 4. The van der Waals surface area contributed by atoms with Crippen LogP contribution in [0.4, 0.5) is 0 Å². The SMILES string of the molecule is CCOP(=O)(OCC)O[C@@H]1CC[C@@]2(C)[C@@H](CC[C@@H]3[C@@H]2CC[C@]2(C)[C@@H]([C@H](C)CCCC(C)C)CC[C@@H]32)C1. The molecule has 0 aromatic carbocycles. The van der Waals surface area contributed by atoms with Crippen LogP contribution >= 0.6 is 7.82 Å². The van der Waals surface area contributed by atoms with E-state index in [2.05, 4.69) is 34.6 Å². The van der Waals surface area contributed by atoms with Gasteiger partial charge in [-0.3, -0.25) is 13.6 Å². The van der Waals surface area contributed by atoms with Crippen molar-refractivity contribution in [1.82, 2.24) is 0 Å². The van der Waals surface area contributed by atoms with Crippen molar-refractivity contribution in [2.24, 2.45) is 52.3 Å². The van der Waals surface area contributed by atoms with Crippen molar-refractivity contribution in [3.63, 3.8) is 0 Å². The molecule has 4 aliphatic carbocycles. The first-order chi connectivity index (χ1) is 17.1. The van der Waals surface area contributed by atoms with Gasteiger partial charge in [-0.2, -0.15) is 0 Å². The third kappa shape index (κ3) is 5.68. The molecule has 36 heavy (non-hydrogen) atoms. The smallest absolute Gasteiger partial charge is 0.287 e. The van der Waals surface area contributed by atoms with Crippen LogP contribution in [0.2, 0.25) is 0 Å². The van der Waals surface area contributed by atoms with Crippen LogP contribution in [0.25, 0.3) is 0 Å². The van der Waals surface area contributed by atoms with Gasteiger partial charge >= 0.3 is 7.82 Å². The summed E-state index contributed by atoms with van der Waals surface area (Å²) in [4.78, 5) is 0. The summed E-state index contributed by atoms with van der Waals surface area (Å²) in [7, 11) is -3.44. The Labute approximate surface area is 223 Å². The summed E-state index contributed by atoms with van der Waals surface area (Å²) in [5.41, 5.74) is 0.968. The zero-order chi connectivity index (χ0) is 26.1. The molecule has 0 amide bonds. The van der Waals surface area contributed by atoms with Crippen LogP contribution in [-0.4, -0.2) is 19.3 Å². The van der Waals surface area contributed by atoms with Gasteiger partial charge in [0.1, 0.15) is 0 Å². The second-order valence-electron chi connectivity index (χ2n) is 14.0. The lowest BCUT2D eigenvalue weighted by Crippen LogP contribution is -2.54. The van der Waals surface area contributed by atoms with E-state index in [1.54, 1.807) is 0 Å². The maximum atomic E-state index is 13.0. The highest BCUT2D eigenvalue weighted by molar-refractivity contribution is 7.48. The second kappa shape index (κ2) is 11.7. The molecule has 4 nitrogen and oxygen atoms in total. The van der Waals surface area contributed by atoms with Gasteiger partial charge in [0, 0.05) is 0 Å². The highest BCUT2D eigenvalue weighted by atomic mass is 31.2. The zero-order valence-corrected chi connectivity index (χ0v) is 25.5. The quantitative estimate of drug-likeness (QED) is 0.252. The minimum Gasteiger partial charge on any atom is -0.287 e. The molecule has 4 aliphatic rings. The largest absolute Gasteiger partial charge is 0.475 e. The average molecular weight is 525 g/mol. The average Bonchev–Trinajstić information content (AvgIpc) is 3.16. The first-order valence-corrected chi connectivity index (χ1v) is 17.1. The fourth-order valence-electron chi connectivity index (χ4n) is 9.94. The fraction of sp³-hybridized carbons (Fsp3) is 1.00. The number of rotatable bonds is 11. The summed E-state index contributed by atoms with van der Waals surface area (Å²) in [6.07, 6.45) is 15.9. The molecular weight excluding hydrogens is 467 g/mol. The van der Waals surface area contributed by atoms with Crippen molar-refractivity contribution in [1.29, 1.82) is 0 Å². The van der Waals surface area contributed by atoms with E-state index in [1.807, 2.05) is 13.8 Å². The Morgan fingerprint density at radius 1 is 0.833 bits per heavy atom. The molecule has 5 heteroatoms. The van der Waals surface area contributed by atoms with Gasteiger partial charge in [-0.15, -0.1) is 0 Å². The van der Waals surface area contributed by atoms with Crippen LogP contribution < -0.4 is 0 Å². The minimum absolute atomic E-state index is 0.0000330. The van der Waals surface area contributed by atoms with Crippen LogP contribution in [0.3, 0.4) is 0 Å². The first kappa shape index (κ1) is 29.1. The van der Waals surface area contributed by atoms with Crippen molar-refractivity contribution in [3.8, 4) is 0 Å². The van der Waals surface area contributed by atoms with Crippen molar-refractivity contribution in [2.45, 2.75) is 132 Å². The predicted molar refractivity (Wildman–Crippen MR) is 149 cm³/mol. The van der Waals surface area contributed by atoms with E-state index in [0.717, 1.165) is 48.3 Å². The van der Waals surface area contributed by atoms with Crippen LogP contribution in [0.5, 0.6) is 0 Å². The summed E-state index contributed by atoms with van der Waals surface area (Å²) in [6.45, 7) is 17.0. The lowest BCUT2D eigenvalue weighted by Gasteiger charge is -2.61. The van der Waals surface area contributed by atoms with Crippen molar-refractivity contribution in [3.05, 3.63) is 0 Å². The Morgan fingerprint density at radius 2 is 1.50 bits per heavy atom. The van der Waals surface area contributed by atoms with E-state index in [0.29, 0.717) is 30.0 Å². The van der Waals surface area contributed by atoms with Gasteiger partial charge in [0.2, 0.25) is 0 Å². The van der Waals surface area contributed by atoms with Gasteiger partial charge in [0.25, 0.3) is 0 Å². The van der Waals surface area contributed by atoms with Gasteiger partial charge in [-0.25, -0.2) is 4.57 Å². The maximum Gasteiger partial charge on any atom is 0.475 e. The molecule has 0 radical (unpaired) electrons. The number of fused-ring (bicyclic) bond motifs is 5. The Balaban J connectivity index is 1.40. The lowest BCUT2D eigenvalue weighted by atomic mass is 9.44. The number of hydrogen-bond donors (Lipinski definition) is 0. The number of phosphoric acid groups is 1. The molecule has 4 saturated carbocycles. The Morgan fingerprint density at radius 3 is 2.17 bits per heavy atom. The molecule has 0 N–H and O–H groups in total. The summed E-state index contributed by atoms with van der Waals surface area (Å²) in [6, 6.07) is 0. The highest BCUT2D eigenvalue weighted by Gasteiger charge is 2.60. The molecule has 0 heterocycles. The molecule has 9 atom stereocenters. The highest BCUT2D eigenvalue weighted by Crippen LogP contribution is 2.69. The summed E-state index contributed by atoms with van der Waals surface area (Å²) < 4.78 is 30.0. The molecule has 210 valence electrons. The Hall–Kier alpha value is 0.110. The molecule has 0 aromatic heterocycles. The standard InChI is InChI=1S/C31H57O4P/c1-8-33-36(32,34-9-2)35-25-17-19-30(6)24(21-25)13-14-26-28-16-15-27(23(5)12-10-11-22(3)4)31(28,7)20-18-29(26)30/h22-29H,8-21H2,1-7H3/t23-,24+,25-,26+,27-,28+,29+,30+,31-/m1/s1. The molecular formula is C31H57O4P. The topological polar surface area (TPSA) is 44.8 Å². The van der Waals surface area contributed by atoms with Gasteiger partial charge in [-0.05, 0) is 124 Å². The van der Waals surface area contributed by atoms with E-state index in [1.165, 1.54) is 64.2 Å². The van der Waals surface area contributed by atoms with Gasteiger partial charge in [-0.1, -0.05) is 53.9 Å². The lowest BCUT2D eigenvalue weighted by molar-refractivity contribution is -0.129. The normalized spacial score (nSPS) is 41.6. The minimum atomic E-state index is -3.44. The molecule has 0 spiro atoms. The molecule has 0 aromatic rings. The summed E-state index contributed by atoms with van der Waals surface area (Å²) >= 11 is 0. The molecule has 4 fully saturated rings. The van der Waals surface area contributed by atoms with Crippen LogP contribution in [0, 0.1) is 52.3 Å². The van der Waals surface area contributed by atoms with Gasteiger partial charge < -0.3 is 0 Å². The van der Waals surface area contributed by atoms with Crippen LogP contribution in [-0.2, 0) is 18.1 Å². The van der Waals surface area contributed by atoms with E-state index in [-0.39, 0.29) is 6.10 Å². The Kier molecular flexibility index (Phi) is 9.45. The van der Waals surface area contributed by atoms with Crippen LogP contribution in [0.15, 0.2) is 0 Å². The Bertz CT molecular complexity index is 760. The molecule has 0 bridgehead atoms. The number of phosphoric ester groups is 1. The van der Waals surface area contributed by atoms with Crippen molar-refractivity contribution < 1.29 is 18.1 Å². The first-order valence-electron chi connectivity index (χ1n) is 15.6. The molecule has 4 rings (SSSR count). The second-order valence-corrected chi connectivity index (χ2v) is 15.6. The van der Waals surface area contributed by atoms with E-state index in [9.17, 15) is 4.57 Å². The third-order valence-electron chi connectivity index (χ3n) is 11.7. The van der Waals surface area contributed by atoms with Crippen molar-refractivity contribution in [2.75, 3.05) is 13.2 Å². The van der Waals surface area contributed by atoms with E-state index >= 15 is 0 Å². The molecule has 0 aliphatic heterocycles. The van der Waals surface area contributed by atoms with Gasteiger partial charge in [0.05, 0.1) is 19.3 Å². The summed E-state index contributed by atoms with van der Waals surface area (Å²) in [5, 5.41) is 0.